The summed E-state index contributed by atoms with van der Waals surface area (Å²) in [6.45, 7) is 5.30. The molecule has 0 aliphatic heterocycles. The Labute approximate surface area is 158 Å². The first kappa shape index (κ1) is 20.2. The first-order valence-corrected chi connectivity index (χ1v) is 8.65. The third-order valence-electron chi connectivity index (χ3n) is 4.07. The fourth-order valence-electron chi connectivity index (χ4n) is 2.72. The molecule has 0 spiro atoms. The molecule has 2 amide bonds. The van der Waals surface area contributed by atoms with Gasteiger partial charge in [0.2, 0.25) is 5.91 Å². The number of hydrogen-bond acceptors (Lipinski definition) is 3. The van der Waals surface area contributed by atoms with Crippen molar-refractivity contribution >= 4 is 29.2 Å². The third kappa shape index (κ3) is 6.26. The van der Waals surface area contributed by atoms with Crippen molar-refractivity contribution in [1.82, 2.24) is 0 Å². The second-order valence-corrected chi connectivity index (χ2v) is 7.31. The molecule has 0 heterocycles. The number of rotatable bonds is 7. The minimum atomic E-state index is -0.941. The highest BCUT2D eigenvalue weighted by Gasteiger charge is 2.25. The molecule has 0 aliphatic carbocycles. The van der Waals surface area contributed by atoms with Gasteiger partial charge in [-0.25, -0.2) is 0 Å². The van der Waals surface area contributed by atoms with Crippen LogP contribution in [0.2, 0.25) is 0 Å². The summed E-state index contributed by atoms with van der Waals surface area (Å²) in [5, 5.41) is 14.5. The van der Waals surface area contributed by atoms with Gasteiger partial charge in [0.15, 0.2) is 0 Å². The average Bonchev–Trinajstić information content (AvgIpc) is 2.55. The molecule has 3 N–H and O–H groups in total. The van der Waals surface area contributed by atoms with E-state index in [1.54, 1.807) is 44.2 Å². The molecule has 142 valence electrons. The summed E-state index contributed by atoms with van der Waals surface area (Å²) in [5.74, 6) is -1.50. The molecule has 2 rings (SSSR count). The summed E-state index contributed by atoms with van der Waals surface area (Å²) < 4.78 is 0. The van der Waals surface area contributed by atoms with Crippen LogP contribution in [0.25, 0.3) is 0 Å². The van der Waals surface area contributed by atoms with Crippen LogP contribution in [-0.4, -0.2) is 22.9 Å². The van der Waals surface area contributed by atoms with E-state index in [0.29, 0.717) is 16.9 Å². The van der Waals surface area contributed by atoms with Crippen molar-refractivity contribution in [1.29, 1.82) is 0 Å². The normalized spacial score (nSPS) is 10.9. The van der Waals surface area contributed by atoms with Crippen LogP contribution < -0.4 is 10.6 Å². The molecule has 2 aromatic rings. The molecule has 0 atom stereocenters. The average molecular weight is 368 g/mol. The van der Waals surface area contributed by atoms with Crippen LogP contribution in [0.15, 0.2) is 48.5 Å². The Bertz CT molecular complexity index is 845. The van der Waals surface area contributed by atoms with Gasteiger partial charge in [-0.15, -0.1) is 0 Å². The van der Waals surface area contributed by atoms with Crippen molar-refractivity contribution in [3.05, 3.63) is 59.7 Å². The Balaban J connectivity index is 2.09. The zero-order valence-corrected chi connectivity index (χ0v) is 15.7. The van der Waals surface area contributed by atoms with E-state index in [9.17, 15) is 14.4 Å². The molecule has 0 aliphatic rings. The van der Waals surface area contributed by atoms with Gasteiger partial charge in [-0.1, -0.05) is 38.1 Å². The number of para-hydroxylation sites is 1. The van der Waals surface area contributed by atoms with Gasteiger partial charge in [0, 0.05) is 23.4 Å². The van der Waals surface area contributed by atoms with Crippen LogP contribution >= 0.6 is 0 Å². The van der Waals surface area contributed by atoms with Gasteiger partial charge in [-0.05, 0) is 42.2 Å². The standard InChI is InChI=1S/C21H24N2O4/c1-14-9-10-15(20(27)22-16-7-5-4-6-8-16)11-17(14)23-18(24)12-21(2,3)13-19(25)26/h4-11H,12-13H2,1-3H3,(H,22,27)(H,23,24)(H,25,26). The zero-order valence-electron chi connectivity index (χ0n) is 15.7. The van der Waals surface area contributed by atoms with Crippen molar-refractivity contribution in [2.24, 2.45) is 5.41 Å². The number of carbonyl (C=O) groups excluding carboxylic acids is 2. The van der Waals surface area contributed by atoms with Crippen LogP contribution in [-0.2, 0) is 9.59 Å². The number of hydrogen-bond donors (Lipinski definition) is 3. The van der Waals surface area contributed by atoms with E-state index in [4.69, 9.17) is 5.11 Å². The molecule has 0 unspecified atom stereocenters. The molecule has 0 fully saturated rings. The summed E-state index contributed by atoms with van der Waals surface area (Å²) in [5.41, 5.74) is 1.79. The molecule has 2 aromatic carbocycles. The van der Waals surface area contributed by atoms with Crippen LogP contribution in [0.1, 0.15) is 42.6 Å². The minimum Gasteiger partial charge on any atom is -0.481 e. The first-order valence-electron chi connectivity index (χ1n) is 8.65. The Hall–Kier alpha value is -3.15. The molecule has 6 heteroatoms. The maximum atomic E-state index is 12.4. The summed E-state index contributed by atoms with van der Waals surface area (Å²) in [4.78, 5) is 35.7. The topological polar surface area (TPSA) is 95.5 Å². The van der Waals surface area contributed by atoms with E-state index in [2.05, 4.69) is 10.6 Å². The van der Waals surface area contributed by atoms with Gasteiger partial charge in [0.05, 0.1) is 6.42 Å². The third-order valence-corrected chi connectivity index (χ3v) is 4.07. The van der Waals surface area contributed by atoms with Gasteiger partial charge in [-0.2, -0.15) is 0 Å². The predicted molar refractivity (Wildman–Crippen MR) is 105 cm³/mol. The lowest BCUT2D eigenvalue weighted by molar-refractivity contribution is -0.139. The van der Waals surface area contributed by atoms with Gasteiger partial charge >= 0.3 is 5.97 Å². The first-order chi connectivity index (χ1) is 12.7. The molecular weight excluding hydrogens is 344 g/mol. The SMILES string of the molecule is Cc1ccc(C(=O)Nc2ccccc2)cc1NC(=O)CC(C)(C)CC(=O)O. The molecule has 0 aromatic heterocycles. The van der Waals surface area contributed by atoms with E-state index in [0.717, 1.165) is 5.56 Å². The van der Waals surface area contributed by atoms with Gasteiger partial charge in [0.1, 0.15) is 0 Å². The number of aryl methyl sites for hydroxylation is 1. The van der Waals surface area contributed by atoms with Crippen molar-refractivity contribution < 1.29 is 19.5 Å². The monoisotopic (exact) mass is 368 g/mol. The van der Waals surface area contributed by atoms with Crippen molar-refractivity contribution in [3.63, 3.8) is 0 Å². The number of carboxylic acid groups (broad SMARTS) is 1. The second-order valence-electron chi connectivity index (χ2n) is 7.31. The largest absolute Gasteiger partial charge is 0.481 e. The van der Waals surface area contributed by atoms with Crippen LogP contribution in [0.5, 0.6) is 0 Å². The lowest BCUT2D eigenvalue weighted by Gasteiger charge is -2.22. The predicted octanol–water partition coefficient (Wildman–Crippen LogP) is 4.08. The number of amides is 2. The molecule has 6 nitrogen and oxygen atoms in total. The fraction of sp³-hybridized carbons (Fsp3) is 0.286. The van der Waals surface area contributed by atoms with E-state index in [1.807, 2.05) is 25.1 Å². The Kier molecular flexibility index (Phi) is 6.34. The maximum absolute atomic E-state index is 12.4. The highest BCUT2D eigenvalue weighted by molar-refractivity contribution is 6.05. The Morgan fingerprint density at radius 3 is 2.26 bits per heavy atom. The van der Waals surface area contributed by atoms with Crippen LogP contribution in [0.4, 0.5) is 11.4 Å². The van der Waals surface area contributed by atoms with Crippen molar-refractivity contribution in [2.75, 3.05) is 10.6 Å². The van der Waals surface area contributed by atoms with E-state index < -0.39 is 11.4 Å². The highest BCUT2D eigenvalue weighted by Crippen LogP contribution is 2.26. The molecule has 0 saturated heterocycles. The van der Waals surface area contributed by atoms with Gasteiger partial charge in [0.25, 0.3) is 5.91 Å². The lowest BCUT2D eigenvalue weighted by Crippen LogP contribution is -2.25. The second kappa shape index (κ2) is 8.49. The molecule has 0 bridgehead atoms. The summed E-state index contributed by atoms with van der Waals surface area (Å²) in [7, 11) is 0. The number of carbonyl (C=O) groups is 3. The van der Waals surface area contributed by atoms with Crippen LogP contribution in [0.3, 0.4) is 0 Å². The van der Waals surface area contributed by atoms with Crippen LogP contribution in [0, 0.1) is 12.3 Å². The van der Waals surface area contributed by atoms with Crippen molar-refractivity contribution in [2.45, 2.75) is 33.6 Å². The van der Waals surface area contributed by atoms with Gasteiger partial charge < -0.3 is 15.7 Å². The van der Waals surface area contributed by atoms with E-state index in [-0.39, 0.29) is 24.7 Å². The highest BCUT2D eigenvalue weighted by atomic mass is 16.4. The quantitative estimate of drug-likeness (QED) is 0.686. The number of aliphatic carboxylic acids is 1. The number of benzene rings is 2. The summed E-state index contributed by atoms with van der Waals surface area (Å²) >= 11 is 0. The Morgan fingerprint density at radius 2 is 1.63 bits per heavy atom. The lowest BCUT2D eigenvalue weighted by atomic mass is 9.85. The number of anilines is 2. The smallest absolute Gasteiger partial charge is 0.303 e. The number of nitrogens with one attached hydrogen (secondary N) is 2. The molecule has 0 saturated carbocycles. The van der Waals surface area contributed by atoms with Crippen molar-refractivity contribution in [3.8, 4) is 0 Å². The molecule has 0 radical (unpaired) electrons. The van der Waals surface area contributed by atoms with E-state index >= 15 is 0 Å². The van der Waals surface area contributed by atoms with E-state index in [1.165, 1.54) is 0 Å². The Morgan fingerprint density at radius 1 is 0.963 bits per heavy atom. The maximum Gasteiger partial charge on any atom is 0.303 e. The zero-order chi connectivity index (χ0) is 20.0. The molecular formula is C21H24N2O4. The fourth-order valence-corrected chi connectivity index (χ4v) is 2.72. The minimum absolute atomic E-state index is 0.0686. The number of carboxylic acids is 1. The summed E-state index contributed by atoms with van der Waals surface area (Å²) in [6.07, 6.45) is -0.0297. The van der Waals surface area contributed by atoms with Gasteiger partial charge in [-0.3, -0.25) is 14.4 Å². The summed E-state index contributed by atoms with van der Waals surface area (Å²) in [6, 6.07) is 14.2. The molecule has 27 heavy (non-hydrogen) atoms.